The summed E-state index contributed by atoms with van der Waals surface area (Å²) < 4.78 is 0. The van der Waals surface area contributed by atoms with E-state index in [0.29, 0.717) is 0 Å². The summed E-state index contributed by atoms with van der Waals surface area (Å²) in [6.45, 7) is 1.91. The number of hydrogen-bond acceptors (Lipinski definition) is 2. The van der Waals surface area contributed by atoms with Crippen LogP contribution in [0, 0.1) is 5.92 Å². The molecule has 1 saturated heterocycles. The average molecular weight is 142 g/mol. The first-order chi connectivity index (χ1) is 4.84. The van der Waals surface area contributed by atoms with Crippen LogP contribution in [0.2, 0.25) is 0 Å². The molecule has 0 aliphatic carbocycles. The average Bonchev–Trinajstić information content (AvgIpc) is 2.05. The monoisotopic (exact) mass is 142 g/mol. The van der Waals surface area contributed by atoms with E-state index in [9.17, 15) is 4.79 Å². The molecule has 0 aromatic rings. The van der Waals surface area contributed by atoms with Crippen molar-refractivity contribution in [2.24, 2.45) is 5.92 Å². The van der Waals surface area contributed by atoms with Crippen LogP contribution >= 0.6 is 0 Å². The summed E-state index contributed by atoms with van der Waals surface area (Å²) in [7, 11) is 1.69. The van der Waals surface area contributed by atoms with Crippen molar-refractivity contribution < 1.29 is 4.79 Å². The van der Waals surface area contributed by atoms with E-state index in [0.717, 1.165) is 25.9 Å². The van der Waals surface area contributed by atoms with Gasteiger partial charge in [0.05, 0.1) is 5.92 Å². The smallest absolute Gasteiger partial charge is 0.224 e. The molecule has 1 unspecified atom stereocenters. The van der Waals surface area contributed by atoms with Crippen LogP contribution in [-0.2, 0) is 4.79 Å². The van der Waals surface area contributed by atoms with Crippen molar-refractivity contribution in [1.82, 2.24) is 10.6 Å². The highest BCUT2D eigenvalue weighted by Gasteiger charge is 2.18. The highest BCUT2D eigenvalue weighted by Crippen LogP contribution is 2.08. The molecular formula is C7H14N2O. The second-order valence-corrected chi connectivity index (χ2v) is 2.66. The van der Waals surface area contributed by atoms with E-state index in [1.807, 2.05) is 0 Å². The predicted molar refractivity (Wildman–Crippen MR) is 39.7 cm³/mol. The van der Waals surface area contributed by atoms with Gasteiger partial charge < -0.3 is 10.6 Å². The highest BCUT2D eigenvalue weighted by molar-refractivity contribution is 5.78. The van der Waals surface area contributed by atoms with E-state index in [2.05, 4.69) is 10.6 Å². The maximum Gasteiger partial charge on any atom is 0.224 e. The molecule has 3 nitrogen and oxygen atoms in total. The molecule has 0 saturated carbocycles. The lowest BCUT2D eigenvalue weighted by molar-refractivity contribution is -0.124. The standard InChI is InChI=1S/C7H14N2O/c1-8-7(10)6-3-2-4-9-5-6/h6,9H,2-5H2,1H3,(H,8,10). The molecule has 1 atom stereocenters. The van der Waals surface area contributed by atoms with Gasteiger partial charge in [-0.2, -0.15) is 0 Å². The van der Waals surface area contributed by atoms with Gasteiger partial charge in [0, 0.05) is 13.6 Å². The topological polar surface area (TPSA) is 41.1 Å². The summed E-state index contributed by atoms with van der Waals surface area (Å²) in [6.07, 6.45) is 2.16. The zero-order valence-electron chi connectivity index (χ0n) is 6.31. The van der Waals surface area contributed by atoms with E-state index in [4.69, 9.17) is 0 Å². The molecule has 0 aromatic heterocycles. The Morgan fingerprint density at radius 2 is 2.50 bits per heavy atom. The number of amides is 1. The van der Waals surface area contributed by atoms with Crippen molar-refractivity contribution in [2.45, 2.75) is 12.8 Å². The van der Waals surface area contributed by atoms with Gasteiger partial charge in [0.1, 0.15) is 0 Å². The minimum atomic E-state index is 0.173. The molecule has 1 fully saturated rings. The summed E-state index contributed by atoms with van der Waals surface area (Å²) in [5.41, 5.74) is 0. The van der Waals surface area contributed by atoms with Crippen molar-refractivity contribution in [2.75, 3.05) is 20.1 Å². The van der Waals surface area contributed by atoms with Gasteiger partial charge in [-0.1, -0.05) is 0 Å². The van der Waals surface area contributed by atoms with Crippen molar-refractivity contribution >= 4 is 5.91 Å². The lowest BCUT2D eigenvalue weighted by Gasteiger charge is -2.20. The van der Waals surface area contributed by atoms with Gasteiger partial charge in [0.2, 0.25) is 5.91 Å². The van der Waals surface area contributed by atoms with E-state index < -0.39 is 0 Å². The van der Waals surface area contributed by atoms with E-state index >= 15 is 0 Å². The van der Waals surface area contributed by atoms with E-state index in [1.165, 1.54) is 0 Å². The second kappa shape index (κ2) is 3.56. The zero-order valence-corrected chi connectivity index (χ0v) is 6.31. The van der Waals surface area contributed by atoms with E-state index in [-0.39, 0.29) is 11.8 Å². The molecule has 3 heteroatoms. The molecule has 0 aromatic carbocycles. The Bertz CT molecular complexity index is 119. The Labute approximate surface area is 61.2 Å². The quantitative estimate of drug-likeness (QED) is 0.529. The van der Waals surface area contributed by atoms with Crippen LogP contribution in [0.5, 0.6) is 0 Å². The molecule has 1 heterocycles. The second-order valence-electron chi connectivity index (χ2n) is 2.66. The summed E-state index contributed by atoms with van der Waals surface area (Å²) in [5.74, 6) is 0.381. The fraction of sp³-hybridized carbons (Fsp3) is 0.857. The number of rotatable bonds is 1. The van der Waals surface area contributed by atoms with E-state index in [1.54, 1.807) is 7.05 Å². The number of nitrogens with one attached hydrogen (secondary N) is 2. The van der Waals surface area contributed by atoms with Gasteiger partial charge in [-0.05, 0) is 19.4 Å². The molecule has 1 aliphatic heterocycles. The van der Waals surface area contributed by atoms with Crippen LogP contribution in [0.1, 0.15) is 12.8 Å². The molecule has 0 bridgehead atoms. The van der Waals surface area contributed by atoms with Gasteiger partial charge in [-0.25, -0.2) is 0 Å². The first-order valence-electron chi connectivity index (χ1n) is 3.77. The summed E-state index contributed by atoms with van der Waals surface area (Å²) >= 11 is 0. The van der Waals surface area contributed by atoms with Crippen LogP contribution in [0.15, 0.2) is 0 Å². The summed E-state index contributed by atoms with van der Waals surface area (Å²) in [4.78, 5) is 11.0. The van der Waals surface area contributed by atoms with Gasteiger partial charge >= 0.3 is 0 Å². The molecule has 1 rings (SSSR count). The van der Waals surface area contributed by atoms with Crippen molar-refractivity contribution in [3.63, 3.8) is 0 Å². The first-order valence-corrected chi connectivity index (χ1v) is 3.77. The van der Waals surface area contributed by atoms with Crippen molar-refractivity contribution in [3.05, 3.63) is 0 Å². The van der Waals surface area contributed by atoms with Gasteiger partial charge in [-0.15, -0.1) is 0 Å². The fourth-order valence-electron chi connectivity index (χ4n) is 1.28. The van der Waals surface area contributed by atoms with Gasteiger partial charge in [-0.3, -0.25) is 4.79 Å². The molecule has 58 valence electrons. The normalized spacial score (nSPS) is 25.9. The number of carbonyl (C=O) groups is 1. The van der Waals surface area contributed by atoms with Crippen LogP contribution in [0.4, 0.5) is 0 Å². The van der Waals surface area contributed by atoms with Crippen molar-refractivity contribution in [3.8, 4) is 0 Å². The number of piperidine rings is 1. The number of hydrogen-bond donors (Lipinski definition) is 2. The van der Waals surface area contributed by atoms with Crippen LogP contribution in [0.25, 0.3) is 0 Å². The molecule has 0 spiro atoms. The fourth-order valence-corrected chi connectivity index (χ4v) is 1.28. The third-order valence-corrected chi connectivity index (χ3v) is 1.91. The Morgan fingerprint density at radius 1 is 1.70 bits per heavy atom. The van der Waals surface area contributed by atoms with Crippen LogP contribution in [-0.4, -0.2) is 26.0 Å². The molecule has 1 aliphatic rings. The SMILES string of the molecule is CNC(=O)C1CCCNC1. The Morgan fingerprint density at radius 3 is 3.00 bits per heavy atom. The lowest BCUT2D eigenvalue weighted by Crippen LogP contribution is -2.39. The Kier molecular flexibility index (Phi) is 2.68. The maximum absolute atomic E-state index is 11.0. The van der Waals surface area contributed by atoms with Gasteiger partial charge in [0.25, 0.3) is 0 Å². The summed E-state index contributed by atoms with van der Waals surface area (Å²) in [5, 5.41) is 5.84. The third kappa shape index (κ3) is 1.70. The zero-order chi connectivity index (χ0) is 7.40. The van der Waals surface area contributed by atoms with Crippen molar-refractivity contribution in [1.29, 1.82) is 0 Å². The first kappa shape index (κ1) is 7.54. The molecule has 2 N–H and O–H groups in total. The third-order valence-electron chi connectivity index (χ3n) is 1.91. The highest BCUT2D eigenvalue weighted by atomic mass is 16.1. The molecule has 1 amide bonds. The largest absolute Gasteiger partial charge is 0.359 e. The maximum atomic E-state index is 11.0. The summed E-state index contributed by atoms with van der Waals surface area (Å²) in [6, 6.07) is 0. The number of carbonyl (C=O) groups excluding carboxylic acids is 1. The minimum absolute atomic E-state index is 0.173. The Balaban J connectivity index is 2.31. The molecule has 0 radical (unpaired) electrons. The molecular weight excluding hydrogens is 128 g/mol. The van der Waals surface area contributed by atoms with Crippen LogP contribution in [0.3, 0.4) is 0 Å². The predicted octanol–water partition coefficient (Wildman–Crippen LogP) is -0.268. The Hall–Kier alpha value is -0.570. The van der Waals surface area contributed by atoms with Crippen LogP contribution < -0.4 is 10.6 Å². The molecule has 10 heavy (non-hydrogen) atoms. The minimum Gasteiger partial charge on any atom is -0.359 e. The van der Waals surface area contributed by atoms with Gasteiger partial charge in [0.15, 0.2) is 0 Å². The lowest BCUT2D eigenvalue weighted by atomic mass is 9.99.